The second kappa shape index (κ2) is 7.51. The number of ether oxygens (including phenoxy) is 4. The number of hydrogen-bond acceptors (Lipinski definition) is 4. The van der Waals surface area contributed by atoms with Crippen molar-refractivity contribution in [3.05, 3.63) is 53.1 Å². The lowest BCUT2D eigenvalue weighted by Gasteiger charge is -2.18. The van der Waals surface area contributed by atoms with E-state index in [1.54, 1.807) is 28.4 Å². The molecule has 0 saturated carbocycles. The molecular weight excluding hydrogens is 316 g/mol. The van der Waals surface area contributed by atoms with Gasteiger partial charge in [-0.05, 0) is 54.2 Å². The monoisotopic (exact) mass is 340 g/mol. The molecule has 1 aliphatic carbocycles. The van der Waals surface area contributed by atoms with Crippen molar-refractivity contribution in [2.45, 2.75) is 19.3 Å². The van der Waals surface area contributed by atoms with Gasteiger partial charge in [0.1, 0.15) is 0 Å². The van der Waals surface area contributed by atoms with E-state index in [2.05, 4.69) is 18.2 Å². The Bertz CT molecular complexity index is 793. The van der Waals surface area contributed by atoms with Gasteiger partial charge in [-0.25, -0.2) is 0 Å². The van der Waals surface area contributed by atoms with Crippen LogP contribution in [0.5, 0.6) is 23.0 Å². The number of hydrogen-bond donors (Lipinski definition) is 0. The van der Waals surface area contributed by atoms with Crippen LogP contribution in [0, 0.1) is 0 Å². The minimum atomic E-state index is 0.729. The van der Waals surface area contributed by atoms with E-state index in [9.17, 15) is 0 Å². The van der Waals surface area contributed by atoms with E-state index in [4.69, 9.17) is 18.9 Å². The van der Waals surface area contributed by atoms with Crippen molar-refractivity contribution in [2.75, 3.05) is 28.4 Å². The number of rotatable bonds is 5. The van der Waals surface area contributed by atoms with E-state index in [1.807, 2.05) is 18.2 Å². The molecule has 0 spiro atoms. The van der Waals surface area contributed by atoms with Crippen LogP contribution in [0.2, 0.25) is 0 Å². The number of fused-ring (bicyclic) bond motifs is 1. The predicted octanol–water partition coefficient (Wildman–Crippen LogP) is 4.49. The molecule has 1 aliphatic rings. The van der Waals surface area contributed by atoms with Gasteiger partial charge in [0, 0.05) is 5.56 Å². The van der Waals surface area contributed by atoms with Gasteiger partial charge in [0.05, 0.1) is 28.4 Å². The Morgan fingerprint density at radius 1 is 0.760 bits per heavy atom. The first-order valence-corrected chi connectivity index (χ1v) is 8.40. The summed E-state index contributed by atoms with van der Waals surface area (Å²) >= 11 is 0. The fraction of sp³-hybridized carbons (Fsp3) is 0.333. The molecule has 0 saturated heterocycles. The van der Waals surface area contributed by atoms with Gasteiger partial charge in [-0.2, -0.15) is 0 Å². The van der Waals surface area contributed by atoms with Gasteiger partial charge in [-0.1, -0.05) is 18.2 Å². The van der Waals surface area contributed by atoms with Crippen LogP contribution in [0.1, 0.15) is 29.5 Å². The lowest BCUT2D eigenvalue weighted by Crippen LogP contribution is -2.01. The first-order valence-electron chi connectivity index (χ1n) is 8.40. The summed E-state index contributed by atoms with van der Waals surface area (Å²) in [5.74, 6) is 3.06. The molecule has 4 nitrogen and oxygen atoms in total. The molecule has 0 bridgehead atoms. The average Bonchev–Trinajstić information content (AvgIpc) is 2.88. The first kappa shape index (κ1) is 17.2. The zero-order chi connectivity index (χ0) is 17.8. The van der Waals surface area contributed by atoms with Crippen molar-refractivity contribution in [3.63, 3.8) is 0 Å². The maximum absolute atomic E-state index is 5.66. The van der Waals surface area contributed by atoms with Crippen LogP contribution in [0.3, 0.4) is 0 Å². The summed E-state index contributed by atoms with van der Waals surface area (Å²) in [5, 5.41) is 0. The maximum atomic E-state index is 5.66. The molecule has 0 unspecified atom stereocenters. The molecule has 3 rings (SSSR count). The normalized spacial score (nSPS) is 13.4. The third-order valence-electron chi connectivity index (χ3n) is 4.61. The molecule has 0 aliphatic heterocycles. The Labute approximate surface area is 149 Å². The molecule has 0 radical (unpaired) electrons. The molecular formula is C21H24O4. The fourth-order valence-electron chi connectivity index (χ4n) is 3.40. The molecule has 2 aromatic carbocycles. The van der Waals surface area contributed by atoms with Crippen LogP contribution in [-0.2, 0) is 6.42 Å². The van der Waals surface area contributed by atoms with Crippen LogP contribution < -0.4 is 18.9 Å². The molecule has 0 atom stereocenters. The highest BCUT2D eigenvalue weighted by molar-refractivity contribution is 5.84. The highest BCUT2D eigenvalue weighted by Gasteiger charge is 2.20. The SMILES string of the molecule is COc1ccc(C2=CCCCc3c2ccc(OC)c3OC)cc1OC. The highest BCUT2D eigenvalue weighted by Crippen LogP contribution is 2.42. The Balaban J connectivity index is 2.15. The predicted molar refractivity (Wildman–Crippen MR) is 99.1 cm³/mol. The Morgan fingerprint density at radius 3 is 2.16 bits per heavy atom. The summed E-state index contributed by atoms with van der Waals surface area (Å²) in [6.07, 6.45) is 5.35. The van der Waals surface area contributed by atoms with Gasteiger partial charge in [0.25, 0.3) is 0 Å². The van der Waals surface area contributed by atoms with E-state index < -0.39 is 0 Å². The molecule has 132 valence electrons. The maximum Gasteiger partial charge on any atom is 0.164 e. The Hall–Kier alpha value is -2.62. The zero-order valence-electron chi connectivity index (χ0n) is 15.2. The van der Waals surface area contributed by atoms with Crippen molar-refractivity contribution >= 4 is 5.57 Å². The van der Waals surface area contributed by atoms with E-state index in [1.165, 1.54) is 16.7 Å². The number of methoxy groups -OCH3 is 4. The molecule has 4 heteroatoms. The van der Waals surface area contributed by atoms with Gasteiger partial charge < -0.3 is 18.9 Å². The second-order valence-electron chi connectivity index (χ2n) is 5.91. The molecule has 0 N–H and O–H groups in total. The van der Waals surface area contributed by atoms with E-state index in [0.717, 1.165) is 47.8 Å². The van der Waals surface area contributed by atoms with E-state index in [0.29, 0.717) is 0 Å². The summed E-state index contributed by atoms with van der Waals surface area (Å²) < 4.78 is 22.0. The summed E-state index contributed by atoms with van der Waals surface area (Å²) in [4.78, 5) is 0. The molecule has 0 heterocycles. The number of benzene rings is 2. The molecule has 2 aromatic rings. The van der Waals surface area contributed by atoms with Gasteiger partial charge in [0.15, 0.2) is 23.0 Å². The van der Waals surface area contributed by atoms with Gasteiger partial charge in [-0.15, -0.1) is 0 Å². The highest BCUT2D eigenvalue weighted by atomic mass is 16.5. The van der Waals surface area contributed by atoms with Crippen molar-refractivity contribution in [1.82, 2.24) is 0 Å². The Kier molecular flexibility index (Phi) is 5.17. The van der Waals surface area contributed by atoms with Crippen molar-refractivity contribution < 1.29 is 18.9 Å². The third kappa shape index (κ3) is 3.16. The van der Waals surface area contributed by atoms with Crippen molar-refractivity contribution in [3.8, 4) is 23.0 Å². The minimum Gasteiger partial charge on any atom is -0.493 e. The van der Waals surface area contributed by atoms with Crippen LogP contribution in [0.25, 0.3) is 5.57 Å². The summed E-state index contributed by atoms with van der Waals surface area (Å²) in [6, 6.07) is 10.1. The summed E-state index contributed by atoms with van der Waals surface area (Å²) in [6.45, 7) is 0. The van der Waals surface area contributed by atoms with Gasteiger partial charge in [0.2, 0.25) is 0 Å². The molecule has 0 amide bonds. The lowest BCUT2D eigenvalue weighted by atomic mass is 9.92. The second-order valence-corrected chi connectivity index (χ2v) is 5.91. The summed E-state index contributed by atoms with van der Waals surface area (Å²) in [5.41, 5.74) is 4.67. The first-order chi connectivity index (χ1) is 12.2. The molecule has 0 aromatic heterocycles. The quantitative estimate of drug-likeness (QED) is 0.804. The van der Waals surface area contributed by atoms with Crippen molar-refractivity contribution in [2.24, 2.45) is 0 Å². The van der Waals surface area contributed by atoms with E-state index in [-0.39, 0.29) is 0 Å². The minimum absolute atomic E-state index is 0.729. The summed E-state index contributed by atoms with van der Waals surface area (Å²) in [7, 11) is 6.68. The van der Waals surface area contributed by atoms with Crippen molar-refractivity contribution in [1.29, 1.82) is 0 Å². The van der Waals surface area contributed by atoms with Crippen LogP contribution in [0.15, 0.2) is 36.4 Å². The van der Waals surface area contributed by atoms with Gasteiger partial charge >= 0.3 is 0 Å². The van der Waals surface area contributed by atoms with E-state index >= 15 is 0 Å². The number of allylic oxidation sites excluding steroid dienone is 1. The molecule has 0 fully saturated rings. The molecule has 25 heavy (non-hydrogen) atoms. The smallest absolute Gasteiger partial charge is 0.164 e. The van der Waals surface area contributed by atoms with Crippen LogP contribution in [-0.4, -0.2) is 28.4 Å². The average molecular weight is 340 g/mol. The largest absolute Gasteiger partial charge is 0.493 e. The standard InChI is InChI=1S/C21H24O4/c1-22-18-11-9-14(13-20(18)24-3)15-7-5-6-8-17-16(15)10-12-19(23-2)21(17)25-4/h7,9-13H,5-6,8H2,1-4H3. The van der Waals surface area contributed by atoms with Crippen LogP contribution in [0.4, 0.5) is 0 Å². The Morgan fingerprint density at radius 2 is 1.48 bits per heavy atom. The van der Waals surface area contributed by atoms with Crippen LogP contribution >= 0.6 is 0 Å². The zero-order valence-corrected chi connectivity index (χ0v) is 15.2. The topological polar surface area (TPSA) is 36.9 Å². The lowest BCUT2D eigenvalue weighted by molar-refractivity contribution is 0.351. The van der Waals surface area contributed by atoms with Gasteiger partial charge in [-0.3, -0.25) is 0 Å². The fourth-order valence-corrected chi connectivity index (χ4v) is 3.40. The third-order valence-corrected chi connectivity index (χ3v) is 4.61.